The van der Waals surface area contributed by atoms with Gasteiger partial charge in [0.05, 0.1) is 7.11 Å². The quantitative estimate of drug-likeness (QED) is 0.872. The molecule has 94 valence electrons. The van der Waals surface area contributed by atoms with Gasteiger partial charge in [-0.05, 0) is 26.8 Å². The highest BCUT2D eigenvalue weighted by atomic mass is 35.5. The summed E-state index contributed by atoms with van der Waals surface area (Å²) in [6, 6.07) is 1.32. The predicted molar refractivity (Wildman–Crippen MR) is 66.1 cm³/mol. The lowest BCUT2D eigenvalue weighted by atomic mass is 10.1. The van der Waals surface area contributed by atoms with Gasteiger partial charge in [0.2, 0.25) is 5.88 Å². The molecule has 1 aromatic rings. The highest BCUT2D eigenvalue weighted by molar-refractivity contribution is 6.32. The molecular weight excluding hydrogens is 244 g/mol. The third kappa shape index (κ3) is 3.49. The van der Waals surface area contributed by atoms with E-state index in [-0.39, 0.29) is 27.8 Å². The van der Waals surface area contributed by atoms with Crippen molar-refractivity contribution in [3.8, 4) is 5.88 Å². The summed E-state index contributed by atoms with van der Waals surface area (Å²) in [7, 11) is 1.43. The number of carboxylic acids is 1. The average Bonchev–Trinajstić information content (AvgIpc) is 2.17. The summed E-state index contributed by atoms with van der Waals surface area (Å²) < 4.78 is 4.96. The molecule has 0 fully saturated rings. The monoisotopic (exact) mass is 258 g/mol. The van der Waals surface area contributed by atoms with E-state index in [1.807, 2.05) is 20.8 Å². The van der Waals surface area contributed by atoms with Crippen LogP contribution in [0.2, 0.25) is 5.02 Å². The largest absolute Gasteiger partial charge is 0.480 e. The molecule has 1 rings (SSSR count). The molecule has 1 heterocycles. The lowest BCUT2D eigenvalue weighted by Crippen LogP contribution is -2.28. The standard InChI is InChI=1S/C11H15ClN2O3/c1-11(2,3)14-8-6(10(15)16)5-7(12)9(13-8)17-4/h5H,1-4H3,(H,13,14)(H,15,16). The zero-order valence-corrected chi connectivity index (χ0v) is 10.9. The minimum Gasteiger partial charge on any atom is -0.480 e. The summed E-state index contributed by atoms with van der Waals surface area (Å²) in [5.74, 6) is -0.650. The smallest absolute Gasteiger partial charge is 0.339 e. The first-order chi connectivity index (χ1) is 7.74. The Morgan fingerprint density at radius 3 is 2.53 bits per heavy atom. The number of nitrogens with one attached hydrogen (secondary N) is 1. The summed E-state index contributed by atoms with van der Waals surface area (Å²) in [6.45, 7) is 5.71. The van der Waals surface area contributed by atoms with Crippen molar-refractivity contribution >= 4 is 23.4 Å². The molecule has 0 spiro atoms. The lowest BCUT2D eigenvalue weighted by molar-refractivity contribution is 0.0697. The Labute approximate surface area is 105 Å². The number of methoxy groups -OCH3 is 1. The zero-order chi connectivity index (χ0) is 13.2. The van der Waals surface area contributed by atoms with Gasteiger partial charge in [0, 0.05) is 5.54 Å². The highest BCUT2D eigenvalue weighted by Gasteiger charge is 2.20. The topological polar surface area (TPSA) is 71.5 Å². The molecule has 0 amide bonds. The molecule has 0 saturated carbocycles. The molecule has 6 heteroatoms. The molecule has 0 aliphatic heterocycles. The summed E-state index contributed by atoms with van der Waals surface area (Å²) in [4.78, 5) is 15.1. The summed E-state index contributed by atoms with van der Waals surface area (Å²) >= 11 is 5.84. The van der Waals surface area contributed by atoms with Gasteiger partial charge in [-0.3, -0.25) is 0 Å². The fourth-order valence-electron chi connectivity index (χ4n) is 1.23. The number of carbonyl (C=O) groups is 1. The number of aromatic carboxylic acids is 1. The summed E-state index contributed by atoms with van der Waals surface area (Å²) in [5, 5.41) is 12.2. The Morgan fingerprint density at radius 2 is 2.12 bits per heavy atom. The van der Waals surface area contributed by atoms with Crippen LogP contribution in [-0.4, -0.2) is 28.7 Å². The van der Waals surface area contributed by atoms with Crippen molar-refractivity contribution in [2.75, 3.05) is 12.4 Å². The second-order valence-corrected chi connectivity index (χ2v) is 4.96. The normalized spacial score (nSPS) is 11.1. The number of pyridine rings is 1. The van der Waals surface area contributed by atoms with Crippen molar-refractivity contribution in [3.63, 3.8) is 0 Å². The number of halogens is 1. The van der Waals surface area contributed by atoms with Crippen LogP contribution in [-0.2, 0) is 0 Å². The molecule has 0 atom stereocenters. The molecule has 1 aromatic heterocycles. The van der Waals surface area contributed by atoms with Crippen LogP contribution in [0.5, 0.6) is 5.88 Å². The van der Waals surface area contributed by atoms with E-state index in [1.165, 1.54) is 13.2 Å². The van der Waals surface area contributed by atoms with Gasteiger partial charge >= 0.3 is 5.97 Å². The summed E-state index contributed by atoms with van der Waals surface area (Å²) in [5.41, 5.74) is -0.290. The first-order valence-electron chi connectivity index (χ1n) is 5.00. The molecular formula is C11H15ClN2O3. The second kappa shape index (κ2) is 4.79. The number of hydrogen-bond donors (Lipinski definition) is 2. The molecule has 0 aliphatic carbocycles. The van der Waals surface area contributed by atoms with E-state index in [0.29, 0.717) is 0 Å². The molecule has 0 aliphatic rings. The van der Waals surface area contributed by atoms with Crippen LogP contribution in [0.4, 0.5) is 5.82 Å². The number of anilines is 1. The van der Waals surface area contributed by atoms with Gasteiger partial charge in [0.1, 0.15) is 16.4 Å². The van der Waals surface area contributed by atoms with Gasteiger partial charge in [-0.2, -0.15) is 4.98 Å². The number of aromatic nitrogens is 1. The van der Waals surface area contributed by atoms with Gasteiger partial charge in [0.25, 0.3) is 0 Å². The Kier molecular flexibility index (Phi) is 3.83. The molecule has 2 N–H and O–H groups in total. The van der Waals surface area contributed by atoms with Gasteiger partial charge < -0.3 is 15.2 Å². The third-order valence-electron chi connectivity index (χ3n) is 1.86. The van der Waals surface area contributed by atoms with E-state index in [0.717, 1.165) is 0 Å². The highest BCUT2D eigenvalue weighted by Crippen LogP contribution is 2.28. The minimum absolute atomic E-state index is 0.0192. The minimum atomic E-state index is -1.09. The van der Waals surface area contributed by atoms with Crippen molar-refractivity contribution in [1.29, 1.82) is 0 Å². The molecule has 0 aromatic carbocycles. The van der Waals surface area contributed by atoms with Gasteiger partial charge in [-0.25, -0.2) is 4.79 Å². The molecule has 0 unspecified atom stereocenters. The Hall–Kier alpha value is -1.49. The molecule has 0 bridgehead atoms. The van der Waals surface area contributed by atoms with Gasteiger partial charge in [0.15, 0.2) is 0 Å². The number of rotatable bonds is 3. The van der Waals surface area contributed by atoms with Crippen LogP contribution in [0.1, 0.15) is 31.1 Å². The van der Waals surface area contributed by atoms with Crippen LogP contribution in [0.15, 0.2) is 6.07 Å². The van der Waals surface area contributed by atoms with Crippen molar-refractivity contribution < 1.29 is 14.6 Å². The Morgan fingerprint density at radius 1 is 1.53 bits per heavy atom. The van der Waals surface area contributed by atoms with Crippen molar-refractivity contribution in [2.45, 2.75) is 26.3 Å². The zero-order valence-electron chi connectivity index (χ0n) is 10.2. The first kappa shape index (κ1) is 13.6. The third-order valence-corrected chi connectivity index (χ3v) is 2.13. The molecule has 17 heavy (non-hydrogen) atoms. The van der Waals surface area contributed by atoms with Crippen LogP contribution in [0.25, 0.3) is 0 Å². The SMILES string of the molecule is COc1nc(NC(C)(C)C)c(C(=O)O)cc1Cl. The van der Waals surface area contributed by atoms with E-state index in [4.69, 9.17) is 21.4 Å². The summed E-state index contributed by atoms with van der Waals surface area (Å²) in [6.07, 6.45) is 0. The number of carboxylic acid groups (broad SMARTS) is 1. The fourth-order valence-corrected chi connectivity index (χ4v) is 1.46. The maximum absolute atomic E-state index is 11.1. The Balaban J connectivity index is 3.29. The Bertz CT molecular complexity index is 441. The van der Waals surface area contributed by atoms with Crippen LogP contribution >= 0.6 is 11.6 Å². The fraction of sp³-hybridized carbons (Fsp3) is 0.455. The van der Waals surface area contributed by atoms with Crippen molar-refractivity contribution in [2.24, 2.45) is 0 Å². The van der Waals surface area contributed by atoms with E-state index < -0.39 is 5.97 Å². The second-order valence-electron chi connectivity index (χ2n) is 4.56. The maximum Gasteiger partial charge on any atom is 0.339 e. The van der Waals surface area contributed by atoms with E-state index >= 15 is 0 Å². The molecule has 0 radical (unpaired) electrons. The lowest BCUT2D eigenvalue weighted by Gasteiger charge is -2.22. The molecule has 0 saturated heterocycles. The van der Waals surface area contributed by atoms with E-state index in [1.54, 1.807) is 0 Å². The number of hydrogen-bond acceptors (Lipinski definition) is 4. The first-order valence-corrected chi connectivity index (χ1v) is 5.38. The van der Waals surface area contributed by atoms with Crippen LogP contribution in [0, 0.1) is 0 Å². The average molecular weight is 259 g/mol. The van der Waals surface area contributed by atoms with Crippen molar-refractivity contribution in [1.82, 2.24) is 4.98 Å². The van der Waals surface area contributed by atoms with E-state index in [9.17, 15) is 4.79 Å². The maximum atomic E-state index is 11.1. The van der Waals surface area contributed by atoms with Gasteiger partial charge in [-0.1, -0.05) is 11.6 Å². The number of nitrogens with zero attached hydrogens (tertiary/aromatic N) is 1. The van der Waals surface area contributed by atoms with Crippen molar-refractivity contribution in [3.05, 3.63) is 16.7 Å². The van der Waals surface area contributed by atoms with Crippen LogP contribution in [0.3, 0.4) is 0 Å². The van der Waals surface area contributed by atoms with Crippen LogP contribution < -0.4 is 10.1 Å². The van der Waals surface area contributed by atoms with Gasteiger partial charge in [-0.15, -0.1) is 0 Å². The molecule has 5 nitrogen and oxygen atoms in total. The van der Waals surface area contributed by atoms with E-state index in [2.05, 4.69) is 10.3 Å². The predicted octanol–water partition coefficient (Wildman–Crippen LogP) is 2.65. The number of ether oxygens (including phenoxy) is 1.